The molecule has 0 atom stereocenters. The van der Waals surface area contributed by atoms with Gasteiger partial charge < -0.3 is 10.6 Å². The van der Waals surface area contributed by atoms with Gasteiger partial charge in [-0.05, 0) is 48.0 Å². The molecule has 5 aromatic rings. The van der Waals surface area contributed by atoms with Crippen LogP contribution >= 0.6 is 0 Å². The highest BCUT2D eigenvalue weighted by Crippen LogP contribution is 2.26. The minimum absolute atomic E-state index is 0.207. The first-order valence-electron chi connectivity index (χ1n) is 11.3. The summed E-state index contributed by atoms with van der Waals surface area (Å²) in [5, 5.41) is 10.5. The first kappa shape index (κ1) is 22.9. The smallest absolute Gasteiger partial charge is 0.256 e. The molecule has 2 N–H and O–H groups in total. The predicted octanol–water partition coefficient (Wildman–Crippen LogP) is 4.90. The van der Waals surface area contributed by atoms with Crippen molar-refractivity contribution < 1.29 is 14.0 Å². The fourth-order valence-electron chi connectivity index (χ4n) is 3.96. The van der Waals surface area contributed by atoms with Crippen LogP contribution in [0.25, 0.3) is 22.3 Å². The molecule has 0 aliphatic rings. The highest BCUT2D eigenvalue weighted by atomic mass is 19.1. The molecule has 8 heteroatoms. The van der Waals surface area contributed by atoms with Gasteiger partial charge in [-0.2, -0.15) is 5.10 Å². The van der Waals surface area contributed by atoms with E-state index in [1.54, 1.807) is 54.3 Å². The molecule has 0 saturated heterocycles. The maximum atomic E-state index is 13.7. The van der Waals surface area contributed by atoms with Gasteiger partial charge in [-0.1, -0.05) is 42.5 Å². The second-order valence-electron chi connectivity index (χ2n) is 8.20. The molecule has 0 unspecified atom stereocenters. The molecule has 5 rings (SSSR count). The van der Waals surface area contributed by atoms with Crippen molar-refractivity contribution in [3.8, 4) is 11.3 Å². The van der Waals surface area contributed by atoms with Crippen LogP contribution in [0.1, 0.15) is 26.3 Å². The number of anilines is 1. The summed E-state index contributed by atoms with van der Waals surface area (Å²) < 4.78 is 15.4. The molecule has 178 valence electrons. The van der Waals surface area contributed by atoms with Crippen molar-refractivity contribution in [1.29, 1.82) is 0 Å². The van der Waals surface area contributed by atoms with Gasteiger partial charge in [0.1, 0.15) is 5.82 Å². The molecule has 0 bridgehead atoms. The minimum atomic E-state index is -0.336. The molecule has 2 heterocycles. The Hall–Kier alpha value is -4.85. The van der Waals surface area contributed by atoms with Crippen LogP contribution < -0.4 is 10.6 Å². The molecule has 0 spiro atoms. The van der Waals surface area contributed by atoms with E-state index >= 15 is 0 Å². The van der Waals surface area contributed by atoms with E-state index in [1.807, 2.05) is 36.4 Å². The van der Waals surface area contributed by atoms with Gasteiger partial charge in [0.05, 0.1) is 29.4 Å². The second-order valence-corrected chi connectivity index (χ2v) is 8.20. The summed E-state index contributed by atoms with van der Waals surface area (Å²) >= 11 is 0. The second kappa shape index (κ2) is 9.79. The van der Waals surface area contributed by atoms with E-state index in [1.165, 1.54) is 12.1 Å². The lowest BCUT2D eigenvalue weighted by Gasteiger charge is -2.10. The fourth-order valence-corrected chi connectivity index (χ4v) is 3.96. The zero-order chi connectivity index (χ0) is 25.1. The fraction of sp³-hybridized carbons (Fsp3) is 0.0714. The van der Waals surface area contributed by atoms with Gasteiger partial charge in [0.15, 0.2) is 5.65 Å². The average Bonchev–Trinajstić information content (AvgIpc) is 3.31. The zero-order valence-corrected chi connectivity index (χ0v) is 19.4. The van der Waals surface area contributed by atoms with Crippen molar-refractivity contribution in [2.75, 3.05) is 12.4 Å². The highest BCUT2D eigenvalue weighted by molar-refractivity contribution is 6.12. The molecule has 0 fully saturated rings. The molecule has 0 aliphatic carbocycles. The summed E-state index contributed by atoms with van der Waals surface area (Å²) in [5.74, 6) is -0.871. The van der Waals surface area contributed by atoms with E-state index in [0.29, 0.717) is 40.1 Å². The molecular formula is C28H22FN5O2. The Morgan fingerprint density at radius 3 is 2.42 bits per heavy atom. The van der Waals surface area contributed by atoms with Gasteiger partial charge in [0, 0.05) is 23.9 Å². The first-order chi connectivity index (χ1) is 17.5. The Morgan fingerprint density at radius 2 is 1.69 bits per heavy atom. The number of carbonyl (C=O) groups excluding carboxylic acids is 2. The Kier molecular flexibility index (Phi) is 6.23. The molecule has 0 saturated carbocycles. The molecular weight excluding hydrogens is 457 g/mol. The van der Waals surface area contributed by atoms with Crippen molar-refractivity contribution in [2.45, 2.75) is 6.54 Å². The quantitative estimate of drug-likeness (QED) is 0.363. The third kappa shape index (κ3) is 4.69. The van der Waals surface area contributed by atoms with Gasteiger partial charge in [0.25, 0.3) is 11.8 Å². The molecule has 0 radical (unpaired) electrons. The van der Waals surface area contributed by atoms with E-state index in [4.69, 9.17) is 4.98 Å². The lowest BCUT2D eigenvalue weighted by molar-refractivity contribution is 0.0962. The topological polar surface area (TPSA) is 88.9 Å². The summed E-state index contributed by atoms with van der Waals surface area (Å²) in [7, 11) is 1.56. The van der Waals surface area contributed by atoms with Crippen molar-refractivity contribution >= 4 is 28.5 Å². The molecule has 2 amide bonds. The number of aromatic nitrogens is 3. The molecule has 36 heavy (non-hydrogen) atoms. The Bertz CT molecular complexity index is 1560. The Balaban J connectivity index is 1.54. The number of hydrogen-bond acceptors (Lipinski definition) is 4. The first-order valence-corrected chi connectivity index (χ1v) is 11.3. The van der Waals surface area contributed by atoms with Crippen LogP contribution in [-0.4, -0.2) is 33.6 Å². The number of hydrogen-bond donors (Lipinski definition) is 2. The molecule has 3 aromatic carbocycles. The van der Waals surface area contributed by atoms with Crippen LogP contribution in [0, 0.1) is 5.82 Å². The number of amides is 2. The van der Waals surface area contributed by atoms with Gasteiger partial charge in [-0.25, -0.2) is 14.1 Å². The summed E-state index contributed by atoms with van der Waals surface area (Å²) in [6.07, 6.45) is 1.60. The normalized spacial score (nSPS) is 10.8. The molecule has 0 aliphatic heterocycles. The number of halogens is 1. The van der Waals surface area contributed by atoms with Crippen LogP contribution in [0.3, 0.4) is 0 Å². The van der Waals surface area contributed by atoms with Gasteiger partial charge >= 0.3 is 0 Å². The summed E-state index contributed by atoms with van der Waals surface area (Å²) in [4.78, 5) is 30.0. The zero-order valence-electron chi connectivity index (χ0n) is 19.4. The Morgan fingerprint density at radius 1 is 0.917 bits per heavy atom. The largest absolute Gasteiger partial charge is 0.355 e. The number of nitrogens with one attached hydrogen (secondary N) is 2. The maximum absolute atomic E-state index is 13.7. The number of carbonyl (C=O) groups is 2. The van der Waals surface area contributed by atoms with Crippen molar-refractivity contribution in [1.82, 2.24) is 20.1 Å². The number of fused-ring (bicyclic) bond motifs is 1. The van der Waals surface area contributed by atoms with Crippen molar-refractivity contribution in [2.24, 2.45) is 0 Å². The van der Waals surface area contributed by atoms with Crippen LogP contribution in [0.5, 0.6) is 0 Å². The number of benzene rings is 3. The van der Waals surface area contributed by atoms with Gasteiger partial charge in [-0.3, -0.25) is 9.59 Å². The Labute approximate surface area is 206 Å². The van der Waals surface area contributed by atoms with E-state index < -0.39 is 0 Å². The number of pyridine rings is 1. The van der Waals surface area contributed by atoms with Crippen molar-refractivity contribution in [3.05, 3.63) is 114 Å². The maximum Gasteiger partial charge on any atom is 0.256 e. The summed E-state index contributed by atoms with van der Waals surface area (Å²) in [5.41, 5.74) is 4.15. The lowest BCUT2D eigenvalue weighted by atomic mass is 10.1. The third-order valence-electron chi connectivity index (χ3n) is 5.78. The van der Waals surface area contributed by atoms with Gasteiger partial charge in [-0.15, -0.1) is 0 Å². The van der Waals surface area contributed by atoms with E-state index in [9.17, 15) is 14.0 Å². The number of rotatable bonds is 6. The standard InChI is InChI=1S/C28H22FN5O2/c1-30-27(35)20-10-12-22(13-11-20)32-28(36)23-15-25(19-7-3-2-4-8-19)33-26-24(23)16-31-34(26)17-18-6-5-9-21(29)14-18/h2-16H,17H2,1H3,(H,30,35)(H,32,36). The molecule has 2 aromatic heterocycles. The van der Waals surface area contributed by atoms with E-state index in [-0.39, 0.29) is 17.6 Å². The lowest BCUT2D eigenvalue weighted by Crippen LogP contribution is -2.18. The van der Waals surface area contributed by atoms with E-state index in [2.05, 4.69) is 15.7 Å². The van der Waals surface area contributed by atoms with Crippen LogP contribution in [0.2, 0.25) is 0 Å². The average molecular weight is 480 g/mol. The predicted molar refractivity (Wildman–Crippen MR) is 136 cm³/mol. The van der Waals surface area contributed by atoms with Crippen LogP contribution in [0.15, 0.2) is 91.1 Å². The van der Waals surface area contributed by atoms with Gasteiger partial charge in [0.2, 0.25) is 0 Å². The summed E-state index contributed by atoms with van der Waals surface area (Å²) in [6, 6.07) is 24.2. The monoisotopic (exact) mass is 479 g/mol. The highest BCUT2D eigenvalue weighted by Gasteiger charge is 2.18. The van der Waals surface area contributed by atoms with Crippen molar-refractivity contribution in [3.63, 3.8) is 0 Å². The minimum Gasteiger partial charge on any atom is -0.355 e. The SMILES string of the molecule is CNC(=O)c1ccc(NC(=O)c2cc(-c3ccccc3)nc3c2cnn3Cc2cccc(F)c2)cc1. The van der Waals surface area contributed by atoms with Crippen LogP contribution in [0.4, 0.5) is 10.1 Å². The third-order valence-corrected chi connectivity index (χ3v) is 5.78. The van der Waals surface area contributed by atoms with Crippen LogP contribution in [-0.2, 0) is 6.54 Å². The summed E-state index contributed by atoms with van der Waals surface area (Å²) in [6.45, 7) is 0.300. The van der Waals surface area contributed by atoms with E-state index in [0.717, 1.165) is 11.1 Å². The number of nitrogens with zero attached hydrogens (tertiary/aromatic N) is 3. The molecule has 7 nitrogen and oxygen atoms in total.